The van der Waals surface area contributed by atoms with Crippen LogP contribution in [0.25, 0.3) is 0 Å². The van der Waals surface area contributed by atoms with Gasteiger partial charge in [-0.05, 0) is 37.0 Å². The van der Waals surface area contributed by atoms with Gasteiger partial charge in [0.1, 0.15) is 0 Å². The minimum atomic E-state index is -0.0163. The van der Waals surface area contributed by atoms with Crippen LogP contribution in [0.4, 0.5) is 5.69 Å². The fourth-order valence-electron chi connectivity index (χ4n) is 1.96. The van der Waals surface area contributed by atoms with E-state index < -0.39 is 0 Å². The minimum absolute atomic E-state index is 0.00411. The van der Waals surface area contributed by atoms with Crippen molar-refractivity contribution in [3.05, 3.63) is 29.8 Å². The SMILES string of the molecule is CC(=O)NCCCCCC(=O)Nc1ccc(CCO)cc1. The number of aliphatic hydroxyl groups excluding tert-OH is 1. The number of rotatable bonds is 9. The molecular formula is C16H24N2O3. The van der Waals surface area contributed by atoms with Crippen LogP contribution in [-0.4, -0.2) is 30.1 Å². The number of amides is 2. The largest absolute Gasteiger partial charge is 0.396 e. The smallest absolute Gasteiger partial charge is 0.224 e. The Morgan fingerprint density at radius 3 is 2.43 bits per heavy atom. The third-order valence-corrected chi connectivity index (χ3v) is 3.09. The zero-order valence-electron chi connectivity index (χ0n) is 12.5. The molecule has 1 aromatic rings. The van der Waals surface area contributed by atoms with Crippen molar-refractivity contribution in [1.82, 2.24) is 5.32 Å². The van der Waals surface area contributed by atoms with E-state index in [1.54, 1.807) is 0 Å². The summed E-state index contributed by atoms with van der Waals surface area (Å²) in [6, 6.07) is 7.50. The number of aliphatic hydroxyl groups is 1. The molecule has 0 aliphatic rings. The van der Waals surface area contributed by atoms with Gasteiger partial charge in [-0.3, -0.25) is 9.59 Å². The molecule has 0 aromatic heterocycles. The quantitative estimate of drug-likeness (QED) is 0.608. The van der Waals surface area contributed by atoms with Crippen molar-refractivity contribution in [3.8, 4) is 0 Å². The minimum Gasteiger partial charge on any atom is -0.396 e. The number of nitrogens with one attached hydrogen (secondary N) is 2. The van der Waals surface area contributed by atoms with Gasteiger partial charge in [-0.25, -0.2) is 0 Å². The fraction of sp³-hybridized carbons (Fsp3) is 0.500. The highest BCUT2D eigenvalue weighted by molar-refractivity contribution is 5.90. The molecule has 116 valence electrons. The van der Waals surface area contributed by atoms with Gasteiger partial charge in [0.25, 0.3) is 0 Å². The van der Waals surface area contributed by atoms with Crippen LogP contribution in [0, 0.1) is 0 Å². The summed E-state index contributed by atoms with van der Waals surface area (Å²) in [4.78, 5) is 22.4. The standard InChI is InChI=1S/C16H24N2O3/c1-13(20)17-11-4-2-3-5-16(21)18-15-8-6-14(7-9-15)10-12-19/h6-9,19H,2-5,10-12H2,1H3,(H,17,20)(H,18,21). The average Bonchev–Trinajstić information content (AvgIpc) is 2.45. The third kappa shape index (κ3) is 8.09. The van der Waals surface area contributed by atoms with Crippen molar-refractivity contribution in [1.29, 1.82) is 0 Å². The molecule has 0 unspecified atom stereocenters. The van der Waals surface area contributed by atoms with Gasteiger partial charge in [0.15, 0.2) is 0 Å². The van der Waals surface area contributed by atoms with Gasteiger partial charge in [-0.15, -0.1) is 0 Å². The summed E-state index contributed by atoms with van der Waals surface area (Å²) in [7, 11) is 0. The topological polar surface area (TPSA) is 78.4 Å². The Morgan fingerprint density at radius 1 is 1.10 bits per heavy atom. The van der Waals surface area contributed by atoms with E-state index in [2.05, 4.69) is 10.6 Å². The van der Waals surface area contributed by atoms with Crippen LogP contribution < -0.4 is 10.6 Å². The van der Waals surface area contributed by atoms with Crippen LogP contribution in [-0.2, 0) is 16.0 Å². The Labute approximate surface area is 125 Å². The number of anilines is 1. The summed E-state index contributed by atoms with van der Waals surface area (Å²) in [6.07, 6.45) is 3.74. The summed E-state index contributed by atoms with van der Waals surface area (Å²) in [5.74, 6) is -0.0122. The van der Waals surface area contributed by atoms with Gasteiger partial charge in [0.2, 0.25) is 11.8 Å². The lowest BCUT2D eigenvalue weighted by Crippen LogP contribution is -2.20. The molecule has 21 heavy (non-hydrogen) atoms. The van der Waals surface area contributed by atoms with Gasteiger partial charge >= 0.3 is 0 Å². The molecule has 0 atom stereocenters. The van der Waals surface area contributed by atoms with Crippen LogP contribution in [0.15, 0.2) is 24.3 Å². The maximum Gasteiger partial charge on any atom is 0.224 e. The van der Waals surface area contributed by atoms with Crippen molar-refractivity contribution in [3.63, 3.8) is 0 Å². The summed E-state index contributed by atoms with van der Waals surface area (Å²) >= 11 is 0. The maximum absolute atomic E-state index is 11.7. The second-order valence-corrected chi connectivity index (χ2v) is 5.01. The summed E-state index contributed by atoms with van der Waals surface area (Å²) in [5, 5.41) is 14.4. The van der Waals surface area contributed by atoms with Crippen molar-refractivity contribution < 1.29 is 14.7 Å². The normalized spacial score (nSPS) is 10.2. The van der Waals surface area contributed by atoms with Crippen molar-refractivity contribution >= 4 is 17.5 Å². The van der Waals surface area contributed by atoms with Gasteiger partial charge in [-0.2, -0.15) is 0 Å². The lowest BCUT2D eigenvalue weighted by molar-refractivity contribution is -0.119. The van der Waals surface area contributed by atoms with Crippen LogP contribution >= 0.6 is 0 Å². The molecule has 3 N–H and O–H groups in total. The molecule has 0 saturated heterocycles. The Morgan fingerprint density at radius 2 is 1.81 bits per heavy atom. The van der Waals surface area contributed by atoms with Crippen LogP contribution in [0.3, 0.4) is 0 Å². The van der Waals surface area contributed by atoms with E-state index in [1.165, 1.54) is 6.92 Å². The van der Waals surface area contributed by atoms with Gasteiger partial charge in [0, 0.05) is 32.2 Å². The molecular weight excluding hydrogens is 268 g/mol. The Kier molecular flexibility index (Phi) is 8.12. The zero-order valence-corrected chi connectivity index (χ0v) is 12.5. The molecule has 0 heterocycles. The molecule has 5 heteroatoms. The van der Waals surface area contributed by atoms with Crippen molar-refractivity contribution in [2.24, 2.45) is 0 Å². The number of hydrogen-bond donors (Lipinski definition) is 3. The summed E-state index contributed by atoms with van der Waals surface area (Å²) in [6.45, 7) is 2.30. The predicted molar refractivity (Wildman–Crippen MR) is 83.0 cm³/mol. The number of unbranched alkanes of at least 4 members (excludes halogenated alkanes) is 2. The summed E-state index contributed by atoms with van der Waals surface area (Å²) in [5.41, 5.74) is 1.83. The molecule has 5 nitrogen and oxygen atoms in total. The Balaban J connectivity index is 2.16. The monoisotopic (exact) mass is 292 g/mol. The van der Waals surface area contributed by atoms with Crippen LogP contribution in [0.5, 0.6) is 0 Å². The fourth-order valence-corrected chi connectivity index (χ4v) is 1.96. The van der Waals surface area contributed by atoms with Crippen molar-refractivity contribution in [2.45, 2.75) is 39.0 Å². The first kappa shape index (κ1) is 17.2. The number of benzene rings is 1. The number of hydrogen-bond acceptors (Lipinski definition) is 3. The third-order valence-electron chi connectivity index (χ3n) is 3.09. The first-order valence-electron chi connectivity index (χ1n) is 7.36. The predicted octanol–water partition coefficient (Wildman–Crippen LogP) is 1.86. The first-order valence-corrected chi connectivity index (χ1v) is 7.36. The molecule has 0 saturated carbocycles. The lowest BCUT2D eigenvalue weighted by atomic mass is 10.1. The van der Waals surface area contributed by atoms with Gasteiger partial charge in [0.05, 0.1) is 0 Å². The Bertz CT molecular complexity index is 443. The molecule has 0 spiro atoms. The molecule has 0 fully saturated rings. The van der Waals surface area contributed by atoms with E-state index in [0.717, 1.165) is 30.5 Å². The van der Waals surface area contributed by atoms with E-state index in [9.17, 15) is 9.59 Å². The molecule has 1 aromatic carbocycles. The molecule has 0 bridgehead atoms. The van der Waals surface area contributed by atoms with Gasteiger partial charge in [-0.1, -0.05) is 18.6 Å². The van der Waals surface area contributed by atoms with E-state index in [0.29, 0.717) is 19.4 Å². The summed E-state index contributed by atoms with van der Waals surface area (Å²) < 4.78 is 0. The van der Waals surface area contributed by atoms with E-state index in [1.807, 2.05) is 24.3 Å². The van der Waals surface area contributed by atoms with E-state index >= 15 is 0 Å². The van der Waals surface area contributed by atoms with Crippen molar-refractivity contribution in [2.75, 3.05) is 18.5 Å². The van der Waals surface area contributed by atoms with E-state index in [-0.39, 0.29) is 18.4 Å². The van der Waals surface area contributed by atoms with Crippen LogP contribution in [0.2, 0.25) is 0 Å². The second kappa shape index (κ2) is 9.94. The molecule has 2 amide bonds. The van der Waals surface area contributed by atoms with E-state index in [4.69, 9.17) is 5.11 Å². The second-order valence-electron chi connectivity index (χ2n) is 5.01. The number of carbonyl (C=O) groups is 2. The number of carbonyl (C=O) groups excluding carboxylic acids is 2. The van der Waals surface area contributed by atoms with Gasteiger partial charge < -0.3 is 15.7 Å². The average molecular weight is 292 g/mol. The highest BCUT2D eigenvalue weighted by atomic mass is 16.3. The molecule has 0 radical (unpaired) electrons. The maximum atomic E-state index is 11.7. The zero-order chi connectivity index (χ0) is 15.5. The first-order chi connectivity index (χ1) is 10.1. The highest BCUT2D eigenvalue weighted by Gasteiger charge is 2.02. The molecule has 1 rings (SSSR count). The highest BCUT2D eigenvalue weighted by Crippen LogP contribution is 2.11. The molecule has 0 aliphatic heterocycles. The molecule has 0 aliphatic carbocycles. The Hall–Kier alpha value is -1.88. The lowest BCUT2D eigenvalue weighted by Gasteiger charge is -2.06. The van der Waals surface area contributed by atoms with Crippen LogP contribution in [0.1, 0.15) is 38.2 Å².